The van der Waals surface area contributed by atoms with E-state index in [2.05, 4.69) is 10.3 Å². The zero-order valence-electron chi connectivity index (χ0n) is 10.5. The van der Waals surface area contributed by atoms with Crippen LogP contribution in [-0.2, 0) is 4.79 Å². The molecule has 1 aromatic carbocycles. The van der Waals surface area contributed by atoms with Gasteiger partial charge in [0.2, 0.25) is 6.41 Å². The number of imidazole rings is 1. The number of carbonyl (C=O) groups is 1. The molecule has 19 heavy (non-hydrogen) atoms. The van der Waals surface area contributed by atoms with Crippen molar-refractivity contribution < 1.29 is 4.79 Å². The summed E-state index contributed by atoms with van der Waals surface area (Å²) in [5, 5.41) is 2.70. The third-order valence-electron chi connectivity index (χ3n) is 3.11. The quantitative estimate of drug-likeness (QED) is 0.727. The molecule has 3 aromatic rings. The van der Waals surface area contributed by atoms with Crippen molar-refractivity contribution in [3.05, 3.63) is 54.4 Å². The van der Waals surface area contributed by atoms with Crippen LogP contribution in [0.1, 0.15) is 5.56 Å². The molecule has 2 aromatic heterocycles. The Morgan fingerprint density at radius 1 is 1.26 bits per heavy atom. The van der Waals surface area contributed by atoms with Crippen LogP contribution in [0.3, 0.4) is 0 Å². The van der Waals surface area contributed by atoms with Crippen LogP contribution in [0, 0.1) is 6.92 Å². The summed E-state index contributed by atoms with van der Waals surface area (Å²) in [7, 11) is 0. The van der Waals surface area contributed by atoms with Crippen molar-refractivity contribution in [1.82, 2.24) is 9.38 Å². The first-order chi connectivity index (χ1) is 9.28. The number of hydrogen-bond donors (Lipinski definition) is 1. The van der Waals surface area contributed by atoms with Gasteiger partial charge in [-0.2, -0.15) is 0 Å². The Balaban J connectivity index is 2.10. The van der Waals surface area contributed by atoms with Gasteiger partial charge >= 0.3 is 0 Å². The van der Waals surface area contributed by atoms with E-state index < -0.39 is 0 Å². The lowest BCUT2D eigenvalue weighted by Gasteiger charge is -2.05. The van der Waals surface area contributed by atoms with E-state index in [4.69, 9.17) is 0 Å². The summed E-state index contributed by atoms with van der Waals surface area (Å²) in [6, 6.07) is 11.8. The molecule has 0 atom stereocenters. The van der Waals surface area contributed by atoms with E-state index in [1.54, 1.807) is 0 Å². The number of rotatable bonds is 3. The third kappa shape index (κ3) is 2.08. The number of pyridine rings is 1. The van der Waals surface area contributed by atoms with Gasteiger partial charge in [0.25, 0.3) is 0 Å². The number of aryl methyl sites for hydroxylation is 1. The summed E-state index contributed by atoms with van der Waals surface area (Å²) in [6.45, 7) is 1.96. The second-order valence-corrected chi connectivity index (χ2v) is 4.38. The predicted octanol–water partition coefficient (Wildman–Crippen LogP) is 2.88. The highest BCUT2D eigenvalue weighted by molar-refractivity contribution is 5.77. The smallest absolute Gasteiger partial charge is 0.211 e. The lowest BCUT2D eigenvalue weighted by atomic mass is 10.1. The summed E-state index contributed by atoms with van der Waals surface area (Å²) in [4.78, 5) is 15.1. The summed E-state index contributed by atoms with van der Waals surface area (Å²) in [5.74, 6) is 0. The molecule has 4 nitrogen and oxygen atoms in total. The molecule has 1 N–H and O–H groups in total. The maximum atomic E-state index is 10.6. The lowest BCUT2D eigenvalue weighted by Crippen LogP contribution is -1.96. The number of benzene rings is 1. The van der Waals surface area contributed by atoms with E-state index >= 15 is 0 Å². The minimum Gasteiger partial charge on any atom is -0.328 e. The largest absolute Gasteiger partial charge is 0.328 e. The molecule has 0 unspecified atom stereocenters. The molecule has 2 heterocycles. The van der Waals surface area contributed by atoms with Crippen molar-refractivity contribution in [2.24, 2.45) is 0 Å². The van der Waals surface area contributed by atoms with E-state index in [1.165, 1.54) is 0 Å². The van der Waals surface area contributed by atoms with Gasteiger partial charge in [0, 0.05) is 23.6 Å². The number of anilines is 1. The number of nitrogens with zero attached hydrogens (tertiary/aromatic N) is 2. The van der Waals surface area contributed by atoms with E-state index in [1.807, 2.05) is 60.1 Å². The van der Waals surface area contributed by atoms with Gasteiger partial charge in [-0.05, 0) is 30.7 Å². The fraction of sp³-hybridized carbons (Fsp3) is 0.0667. The highest BCUT2D eigenvalue weighted by atomic mass is 16.1. The van der Waals surface area contributed by atoms with Crippen LogP contribution in [0.2, 0.25) is 0 Å². The molecule has 94 valence electrons. The average Bonchev–Trinajstić information content (AvgIpc) is 2.85. The lowest BCUT2D eigenvalue weighted by molar-refractivity contribution is -0.105. The van der Waals surface area contributed by atoms with E-state index in [-0.39, 0.29) is 0 Å². The molecule has 0 aliphatic carbocycles. The third-order valence-corrected chi connectivity index (χ3v) is 3.11. The molecule has 0 saturated heterocycles. The molecule has 3 rings (SSSR count). The maximum absolute atomic E-state index is 10.6. The van der Waals surface area contributed by atoms with Crippen molar-refractivity contribution in [2.75, 3.05) is 5.32 Å². The molecule has 0 saturated carbocycles. The number of aromatic nitrogens is 2. The van der Waals surface area contributed by atoms with Gasteiger partial charge < -0.3 is 9.72 Å². The van der Waals surface area contributed by atoms with Crippen LogP contribution < -0.4 is 5.32 Å². The predicted molar refractivity (Wildman–Crippen MR) is 75.1 cm³/mol. The number of nitrogens with one attached hydrogen (secondary N) is 1. The summed E-state index contributed by atoms with van der Waals surface area (Å²) < 4.78 is 1.97. The molecule has 4 heteroatoms. The molecule has 0 radical (unpaired) electrons. The first-order valence-corrected chi connectivity index (χ1v) is 6.03. The topological polar surface area (TPSA) is 46.4 Å². The second kappa shape index (κ2) is 4.57. The summed E-state index contributed by atoms with van der Waals surface area (Å²) >= 11 is 0. The SMILES string of the molecule is Cc1ccc(-c2cn3ccccc3n2)cc1NC=O. The van der Waals surface area contributed by atoms with Gasteiger partial charge in [0.05, 0.1) is 5.69 Å². The molecule has 0 fully saturated rings. The van der Waals surface area contributed by atoms with Crippen molar-refractivity contribution in [1.29, 1.82) is 0 Å². The van der Waals surface area contributed by atoms with Gasteiger partial charge in [0.1, 0.15) is 5.65 Å². The highest BCUT2D eigenvalue weighted by Gasteiger charge is 2.06. The Labute approximate surface area is 110 Å². The van der Waals surface area contributed by atoms with E-state index in [0.29, 0.717) is 6.41 Å². The number of amides is 1. The van der Waals surface area contributed by atoms with Crippen LogP contribution in [0.25, 0.3) is 16.9 Å². The summed E-state index contributed by atoms with van der Waals surface area (Å²) in [6.07, 6.45) is 4.63. The standard InChI is InChI=1S/C15H13N3O/c1-11-5-6-12(8-13(11)16-10-19)14-9-18-7-3-2-4-15(18)17-14/h2-10H,1H3,(H,16,19). The Morgan fingerprint density at radius 3 is 2.95 bits per heavy atom. The highest BCUT2D eigenvalue weighted by Crippen LogP contribution is 2.24. The molecule has 0 aliphatic rings. The Kier molecular flexibility index (Phi) is 2.76. The van der Waals surface area contributed by atoms with Crippen molar-refractivity contribution in [3.8, 4) is 11.3 Å². The first-order valence-electron chi connectivity index (χ1n) is 6.03. The fourth-order valence-electron chi connectivity index (χ4n) is 2.07. The normalized spacial score (nSPS) is 10.6. The second-order valence-electron chi connectivity index (χ2n) is 4.38. The van der Waals surface area contributed by atoms with Crippen LogP contribution in [-0.4, -0.2) is 15.8 Å². The minimum absolute atomic E-state index is 0.690. The van der Waals surface area contributed by atoms with Crippen molar-refractivity contribution in [3.63, 3.8) is 0 Å². The van der Waals surface area contributed by atoms with Crippen LogP contribution in [0.4, 0.5) is 5.69 Å². The molecule has 0 aliphatic heterocycles. The van der Waals surface area contributed by atoms with Crippen molar-refractivity contribution in [2.45, 2.75) is 6.92 Å². The van der Waals surface area contributed by atoms with Gasteiger partial charge in [0.15, 0.2) is 0 Å². The fourth-order valence-corrected chi connectivity index (χ4v) is 2.07. The van der Waals surface area contributed by atoms with Gasteiger partial charge in [-0.1, -0.05) is 18.2 Å². The molecular weight excluding hydrogens is 238 g/mol. The Morgan fingerprint density at radius 2 is 2.16 bits per heavy atom. The minimum atomic E-state index is 0.690. The molecular formula is C15H13N3O. The Hall–Kier alpha value is -2.62. The van der Waals surface area contributed by atoms with Crippen LogP contribution in [0.15, 0.2) is 48.8 Å². The molecule has 1 amide bonds. The Bertz CT molecular complexity index is 713. The van der Waals surface area contributed by atoms with E-state index in [9.17, 15) is 4.79 Å². The number of fused-ring (bicyclic) bond motifs is 1. The monoisotopic (exact) mass is 251 g/mol. The summed E-state index contributed by atoms with van der Waals surface area (Å²) in [5.41, 5.74) is 4.62. The molecule has 0 bridgehead atoms. The van der Waals surface area contributed by atoms with Crippen LogP contribution >= 0.6 is 0 Å². The van der Waals surface area contributed by atoms with Gasteiger partial charge in [-0.3, -0.25) is 4.79 Å². The first kappa shape index (κ1) is 11.5. The average molecular weight is 251 g/mol. The molecule has 0 spiro atoms. The van der Waals surface area contributed by atoms with Gasteiger partial charge in [-0.25, -0.2) is 4.98 Å². The van der Waals surface area contributed by atoms with Gasteiger partial charge in [-0.15, -0.1) is 0 Å². The maximum Gasteiger partial charge on any atom is 0.211 e. The van der Waals surface area contributed by atoms with Crippen LogP contribution in [0.5, 0.6) is 0 Å². The van der Waals surface area contributed by atoms with E-state index in [0.717, 1.165) is 28.2 Å². The zero-order valence-corrected chi connectivity index (χ0v) is 10.5. The number of hydrogen-bond acceptors (Lipinski definition) is 2. The zero-order chi connectivity index (χ0) is 13.2. The number of carbonyl (C=O) groups excluding carboxylic acids is 1. The van der Waals surface area contributed by atoms with Crippen molar-refractivity contribution >= 4 is 17.7 Å².